The van der Waals surface area contributed by atoms with E-state index in [0.29, 0.717) is 67.6 Å². The van der Waals surface area contributed by atoms with Gasteiger partial charge in [0.05, 0.1) is 76.4 Å². The van der Waals surface area contributed by atoms with E-state index in [2.05, 4.69) is 123 Å². The Morgan fingerprint density at radius 1 is 0.427 bits per heavy atom. The normalized spacial score (nSPS) is 14.7. The molecular weight excluding hydrogens is 1760 g/mol. The zero-order valence-corrected chi connectivity index (χ0v) is 69.0. The number of imidazole rings is 3. The number of fused-ring (bicyclic) bond motifs is 3. The second-order valence-corrected chi connectivity index (χ2v) is 43.0. The Morgan fingerprint density at radius 3 is 1.15 bits per heavy atom. The number of aromatic amines is 2. The van der Waals surface area contributed by atoms with Crippen LogP contribution in [0.15, 0.2) is 107 Å². The summed E-state index contributed by atoms with van der Waals surface area (Å²) >= 11 is 0. The summed E-state index contributed by atoms with van der Waals surface area (Å²) in [5.41, 5.74) is -11.8. The number of rotatable bonds is 22. The van der Waals surface area contributed by atoms with E-state index >= 15 is 0 Å². The fraction of sp³-hybridized carbons (Fsp3) is 0.478. The smallest absolute Gasteiger partial charge is 0.399 e. The van der Waals surface area contributed by atoms with Crippen LogP contribution in [0.4, 0.5) is 105 Å². The summed E-state index contributed by atoms with van der Waals surface area (Å²) in [4.78, 5) is 51.9. The number of hydrogen-bond acceptors (Lipinski definition) is 16. The SMILES string of the molecule is CC1(C)OB(c2cnn(COCC[Si](C)(C)C)c2)OC1(C)C.Cc1cn2c(=O)c(-c3cnn(CC(F)(F)C(F)(F)F)c3)c(C(F)(F)F)nc2[nH]1.Cc1cn2c(=O)c(-c3cnn(CC(F)(F)C(F)(F)F)c3)c(C(F)(F)F)nc2n1-c1cn[nH]c1.Cc1cn2c(=O)c(-c3cnn(CC(F)(F)C(F)(F)F)c3)c(C(F)(F)F)nc2n1-c1cnn(COCC[Si](C)(C)C)c1. The van der Waals surface area contributed by atoms with Gasteiger partial charge in [0.25, 0.3) is 16.7 Å². The van der Waals surface area contributed by atoms with Gasteiger partial charge in [-0.1, -0.05) is 39.3 Å². The summed E-state index contributed by atoms with van der Waals surface area (Å²) < 4.78 is 348. The van der Waals surface area contributed by atoms with Crippen molar-refractivity contribution in [1.82, 2.24) is 101 Å². The van der Waals surface area contributed by atoms with E-state index in [1.807, 2.05) is 6.20 Å². The Bertz CT molecular complexity index is 5960. The minimum atomic E-state index is -5.91. The van der Waals surface area contributed by atoms with Crippen LogP contribution in [0.3, 0.4) is 0 Å². The summed E-state index contributed by atoms with van der Waals surface area (Å²) in [5.74, 6) is -16.8. The van der Waals surface area contributed by atoms with Gasteiger partial charge in [-0.2, -0.15) is 136 Å². The summed E-state index contributed by atoms with van der Waals surface area (Å²) in [7, 11) is -2.72. The molecule has 0 aromatic carbocycles. The van der Waals surface area contributed by atoms with Crippen molar-refractivity contribution in [3.05, 3.63) is 158 Å². The molecule has 0 amide bonds. The number of aryl methyl sites for hydroxylation is 3. The maximum absolute atomic E-state index is 14.1. The monoisotopic (exact) mass is 1830 g/mol. The van der Waals surface area contributed by atoms with Crippen LogP contribution < -0.4 is 22.1 Å². The van der Waals surface area contributed by atoms with Gasteiger partial charge in [0, 0.05) is 124 Å². The zero-order chi connectivity index (χ0) is 92.6. The highest BCUT2D eigenvalue weighted by molar-refractivity contribution is 6.76. The van der Waals surface area contributed by atoms with Crippen molar-refractivity contribution in [2.75, 3.05) is 13.2 Å². The minimum absolute atomic E-state index is 0.0887. The molecule has 1 aliphatic rings. The average Bonchev–Trinajstić information content (AvgIpc) is 1.58. The van der Waals surface area contributed by atoms with Gasteiger partial charge in [0.2, 0.25) is 17.3 Å². The van der Waals surface area contributed by atoms with Gasteiger partial charge in [-0.25, -0.2) is 24.3 Å². The highest BCUT2D eigenvalue weighted by Crippen LogP contribution is 2.43. The van der Waals surface area contributed by atoms with Gasteiger partial charge in [0.15, 0.2) is 17.1 Å². The number of nitrogens with one attached hydrogen (secondary N) is 2. The van der Waals surface area contributed by atoms with Crippen molar-refractivity contribution >= 4 is 46.1 Å². The Labute approximate surface area is 684 Å². The average molecular weight is 1830 g/mol. The molecule has 676 valence electrons. The Morgan fingerprint density at radius 2 is 0.782 bits per heavy atom. The molecule has 1 aliphatic heterocycles. The number of nitrogens with zero attached hydrogens (tertiary/aromatic N) is 19. The molecule has 0 aliphatic carbocycles. The second-order valence-electron chi connectivity index (χ2n) is 31.8. The molecule has 0 bridgehead atoms. The molecule has 13 rings (SSSR count). The lowest BCUT2D eigenvalue weighted by Crippen LogP contribution is -2.41. The number of aromatic nitrogens is 21. The quantitative estimate of drug-likeness (QED) is 0.0362. The van der Waals surface area contributed by atoms with Crippen LogP contribution in [0.2, 0.25) is 51.4 Å². The Kier molecular flexibility index (Phi) is 26.1. The van der Waals surface area contributed by atoms with Gasteiger partial charge in [-0.15, -0.1) is 0 Å². The summed E-state index contributed by atoms with van der Waals surface area (Å²) in [6, 6.07) is 2.08. The van der Waals surface area contributed by atoms with Crippen LogP contribution in [0.25, 0.3) is 62.1 Å². The van der Waals surface area contributed by atoms with Gasteiger partial charge in [0.1, 0.15) is 33.1 Å². The van der Waals surface area contributed by atoms with E-state index in [0.717, 1.165) is 37.5 Å². The van der Waals surface area contributed by atoms with Gasteiger partial charge < -0.3 is 23.8 Å². The van der Waals surface area contributed by atoms with Crippen LogP contribution in [-0.2, 0) is 70.4 Å². The molecule has 12 aromatic heterocycles. The number of hydrogen-bond donors (Lipinski definition) is 2. The molecule has 0 saturated carbocycles. The van der Waals surface area contributed by atoms with Crippen molar-refractivity contribution in [2.45, 2.75) is 199 Å². The number of ether oxygens (including phenoxy) is 2. The highest BCUT2D eigenvalue weighted by Gasteiger charge is 2.60. The first kappa shape index (κ1) is 95.4. The summed E-state index contributed by atoms with van der Waals surface area (Å²) in [5, 5.41) is 24.5. The maximum Gasteiger partial charge on any atom is 0.498 e. The molecule has 0 radical (unpaired) electrons. The largest absolute Gasteiger partial charge is 0.498 e. The van der Waals surface area contributed by atoms with E-state index in [1.165, 1.54) is 77.8 Å². The molecule has 55 heteroatoms. The van der Waals surface area contributed by atoms with Crippen molar-refractivity contribution < 1.29 is 124 Å². The third-order valence-electron chi connectivity index (χ3n) is 18.8. The summed E-state index contributed by atoms with van der Waals surface area (Å²) in [6.45, 7) is 22.2. The third-order valence-corrected chi connectivity index (χ3v) is 22.2. The van der Waals surface area contributed by atoms with Crippen molar-refractivity contribution in [2.24, 2.45) is 0 Å². The van der Waals surface area contributed by atoms with Crippen LogP contribution >= 0.6 is 0 Å². The standard InChI is InChI=1S/C23H25F8N7O2Si.C17H11F8N7O.C15H29BN2O3Si.C14H9F8N5O/c1-14-9-37-19(39)17(15-7-32-35(10-15)12-21(24,25)23(29,30)31)18(22(26,27)28)34-20(37)38(14)16-8-33-36(11-16)13-40-5-6-41(2,3)4;1-8-5-31-13(33)11(9-2-28-30(6-9)7-15(18,19)17(23,24)25)12(16(20,21)22)29-14(31)32(8)10-3-26-27-4-10;1-14(2)15(3,4)21-16(20-14)13-10-17-18(11-13)12-19-8-9-22(5,6)7;1-6-3-27-10(28)8(9(13(17,18)19)25-11(27)24-6)7-2-23-26(4-7)5-12(15,16)14(20,21)22/h7-11H,5-6,12-13H2,1-4H3;2-6H,7H2,1H3,(H,26,27);10-11H,8-9,12H2,1-7H3;2-4H,5H2,1H3,(H,24,25). The fourth-order valence-electron chi connectivity index (χ4n) is 11.7. The molecule has 13 heterocycles. The maximum atomic E-state index is 14.1. The number of alkyl halides is 24. The molecule has 124 heavy (non-hydrogen) atoms. The molecular formula is C69H74BF24N21O7Si2. The third kappa shape index (κ3) is 21.2. The molecule has 1 saturated heterocycles. The van der Waals surface area contributed by atoms with Gasteiger partial charge in [-0.05, 0) is 60.6 Å². The van der Waals surface area contributed by atoms with E-state index in [-0.39, 0.29) is 50.5 Å². The van der Waals surface area contributed by atoms with E-state index in [1.54, 1.807) is 10.9 Å². The topological polar surface area (TPSA) is 283 Å². The van der Waals surface area contributed by atoms with E-state index in [4.69, 9.17) is 18.8 Å². The summed E-state index contributed by atoms with van der Waals surface area (Å²) in [6.07, 6.45) is -17.1. The minimum Gasteiger partial charge on any atom is -0.399 e. The van der Waals surface area contributed by atoms with Gasteiger partial charge >= 0.3 is 61.9 Å². The first-order valence-corrected chi connectivity index (χ1v) is 43.7. The van der Waals surface area contributed by atoms with Crippen LogP contribution in [0, 0.1) is 20.8 Å². The molecule has 2 N–H and O–H groups in total. The van der Waals surface area contributed by atoms with E-state index < -0.39 is 175 Å². The Balaban J connectivity index is 0.000000177. The highest BCUT2D eigenvalue weighted by atomic mass is 28.3. The molecule has 28 nitrogen and oxygen atoms in total. The van der Waals surface area contributed by atoms with Crippen LogP contribution in [-0.4, -0.2) is 185 Å². The van der Waals surface area contributed by atoms with Crippen molar-refractivity contribution in [1.29, 1.82) is 0 Å². The van der Waals surface area contributed by atoms with Crippen LogP contribution in [0.1, 0.15) is 61.9 Å². The first-order valence-electron chi connectivity index (χ1n) is 36.3. The fourth-order valence-corrected chi connectivity index (χ4v) is 13.2. The first-order chi connectivity index (χ1) is 56.7. The number of halogens is 24. The van der Waals surface area contributed by atoms with Crippen LogP contribution in [0.5, 0.6) is 0 Å². The van der Waals surface area contributed by atoms with E-state index in [9.17, 15) is 120 Å². The number of H-pyrrole nitrogens is 2. The molecule has 1 fully saturated rings. The predicted octanol–water partition coefficient (Wildman–Crippen LogP) is 14.9. The lowest BCUT2D eigenvalue weighted by atomic mass is 9.82. The zero-order valence-electron chi connectivity index (χ0n) is 67.0. The molecule has 0 unspecified atom stereocenters. The predicted molar refractivity (Wildman–Crippen MR) is 397 cm³/mol. The Hall–Kier alpha value is -10.8. The lowest BCUT2D eigenvalue weighted by Gasteiger charge is -2.32. The lowest BCUT2D eigenvalue weighted by molar-refractivity contribution is -0.287. The molecule has 0 atom stereocenters. The molecule has 0 spiro atoms. The second kappa shape index (κ2) is 33.9. The van der Waals surface area contributed by atoms with Crippen molar-refractivity contribution in [3.63, 3.8) is 0 Å². The van der Waals surface area contributed by atoms with Crippen molar-refractivity contribution in [3.8, 4) is 44.8 Å². The molecule has 12 aromatic rings. The van der Waals surface area contributed by atoms with Gasteiger partial charge in [-0.3, -0.25) is 55.9 Å².